The highest BCUT2D eigenvalue weighted by Crippen LogP contribution is 2.17. The minimum Gasteiger partial charge on any atom is -0.394 e. The number of amides is 1. The Kier molecular flexibility index (Phi) is 53.2. The lowest BCUT2D eigenvalue weighted by molar-refractivity contribution is -0.123. The SMILES string of the molecule is CCCCCCCCCCCCCC/C=C\CCCCCCCCCCCCCCCCCCCC(=O)NC(CO)C(O)/C=C/CCCCCCCCCCCCCCCCC. The summed E-state index contributed by atoms with van der Waals surface area (Å²) in [5.41, 5.74) is 0. The highest BCUT2D eigenvalue weighted by atomic mass is 16.3. The molecule has 0 bridgehead atoms. The van der Waals surface area contributed by atoms with E-state index in [2.05, 4.69) is 31.3 Å². The van der Waals surface area contributed by atoms with Crippen LogP contribution < -0.4 is 5.32 Å². The Bertz CT molecular complexity index is 901. The summed E-state index contributed by atoms with van der Waals surface area (Å²) in [6.07, 6.45) is 72.1. The van der Waals surface area contributed by atoms with Crippen LogP contribution in [0.1, 0.15) is 322 Å². The number of nitrogens with one attached hydrogen (secondary N) is 1. The maximum atomic E-state index is 12.5. The summed E-state index contributed by atoms with van der Waals surface area (Å²) in [7, 11) is 0. The molecule has 0 aliphatic rings. The van der Waals surface area contributed by atoms with E-state index in [4.69, 9.17) is 0 Å². The van der Waals surface area contributed by atoms with Crippen LogP contribution in [0.2, 0.25) is 0 Å². The summed E-state index contributed by atoms with van der Waals surface area (Å²) in [6, 6.07) is -0.619. The monoisotopic (exact) mass is 872 g/mol. The Labute approximate surface area is 389 Å². The van der Waals surface area contributed by atoms with Crippen molar-refractivity contribution in [2.45, 2.75) is 334 Å². The molecule has 0 heterocycles. The molecule has 0 fully saturated rings. The van der Waals surface area contributed by atoms with Gasteiger partial charge in [-0.2, -0.15) is 0 Å². The van der Waals surface area contributed by atoms with Gasteiger partial charge in [-0.25, -0.2) is 0 Å². The van der Waals surface area contributed by atoms with Crippen molar-refractivity contribution in [3.63, 3.8) is 0 Å². The van der Waals surface area contributed by atoms with Gasteiger partial charge in [0.2, 0.25) is 5.91 Å². The third kappa shape index (κ3) is 49.9. The molecule has 2 atom stereocenters. The van der Waals surface area contributed by atoms with Crippen molar-refractivity contribution in [3.05, 3.63) is 24.3 Å². The molecule has 0 aromatic carbocycles. The molecule has 0 aliphatic carbocycles. The maximum Gasteiger partial charge on any atom is 0.220 e. The summed E-state index contributed by atoms with van der Waals surface area (Å²) < 4.78 is 0. The van der Waals surface area contributed by atoms with E-state index in [-0.39, 0.29) is 12.5 Å². The molecule has 0 rings (SSSR count). The van der Waals surface area contributed by atoms with E-state index in [0.29, 0.717) is 6.42 Å². The molecule has 4 nitrogen and oxygen atoms in total. The first-order valence-electron chi connectivity index (χ1n) is 28.6. The van der Waals surface area contributed by atoms with Gasteiger partial charge in [-0.1, -0.05) is 295 Å². The summed E-state index contributed by atoms with van der Waals surface area (Å²) in [5, 5.41) is 23.1. The van der Waals surface area contributed by atoms with Crippen molar-refractivity contribution in [2.75, 3.05) is 6.61 Å². The Hall–Kier alpha value is -1.13. The zero-order chi connectivity index (χ0) is 44.9. The number of carbonyl (C=O) groups is 1. The van der Waals surface area contributed by atoms with E-state index in [1.54, 1.807) is 6.08 Å². The van der Waals surface area contributed by atoms with E-state index in [1.807, 2.05) is 6.08 Å². The van der Waals surface area contributed by atoms with Crippen LogP contribution in [-0.2, 0) is 4.79 Å². The molecular weight excluding hydrogens is 759 g/mol. The zero-order valence-electron chi connectivity index (χ0n) is 42.4. The predicted molar refractivity (Wildman–Crippen MR) is 276 cm³/mol. The predicted octanol–water partition coefficient (Wildman–Crippen LogP) is 18.7. The number of unbranched alkanes of at least 4 members (excludes halogenated alkanes) is 44. The van der Waals surface area contributed by atoms with Crippen molar-refractivity contribution in [1.29, 1.82) is 0 Å². The van der Waals surface area contributed by atoms with Crippen molar-refractivity contribution in [2.24, 2.45) is 0 Å². The van der Waals surface area contributed by atoms with Crippen LogP contribution in [0.5, 0.6) is 0 Å². The quantitative estimate of drug-likeness (QED) is 0.0421. The largest absolute Gasteiger partial charge is 0.394 e. The highest BCUT2D eigenvalue weighted by molar-refractivity contribution is 5.76. The molecule has 62 heavy (non-hydrogen) atoms. The second-order valence-electron chi connectivity index (χ2n) is 19.7. The molecule has 368 valence electrons. The summed E-state index contributed by atoms with van der Waals surface area (Å²) in [5.74, 6) is -0.0580. The van der Waals surface area contributed by atoms with E-state index >= 15 is 0 Å². The third-order valence-corrected chi connectivity index (χ3v) is 13.4. The minimum absolute atomic E-state index is 0.0580. The van der Waals surface area contributed by atoms with E-state index in [0.717, 1.165) is 25.7 Å². The Morgan fingerprint density at radius 1 is 0.371 bits per heavy atom. The molecule has 4 heteroatoms. The van der Waals surface area contributed by atoms with Gasteiger partial charge in [0.1, 0.15) is 0 Å². The van der Waals surface area contributed by atoms with Crippen LogP contribution in [0.4, 0.5) is 0 Å². The van der Waals surface area contributed by atoms with Crippen LogP contribution in [0.3, 0.4) is 0 Å². The molecule has 0 aliphatic heterocycles. The Morgan fingerprint density at radius 3 is 0.887 bits per heavy atom. The summed E-state index contributed by atoms with van der Waals surface area (Å²) in [4.78, 5) is 12.5. The lowest BCUT2D eigenvalue weighted by Crippen LogP contribution is -2.45. The third-order valence-electron chi connectivity index (χ3n) is 13.4. The summed E-state index contributed by atoms with van der Waals surface area (Å²) in [6.45, 7) is 4.34. The van der Waals surface area contributed by atoms with Crippen molar-refractivity contribution < 1.29 is 15.0 Å². The van der Waals surface area contributed by atoms with Crippen molar-refractivity contribution in [1.82, 2.24) is 5.32 Å². The highest BCUT2D eigenvalue weighted by Gasteiger charge is 2.18. The van der Waals surface area contributed by atoms with E-state index in [1.165, 1.54) is 276 Å². The molecule has 1 amide bonds. The standard InChI is InChI=1S/C58H113NO3/c1-3-5-7-9-11-13-15-17-19-21-22-23-24-25-26-27-28-29-30-31-32-33-34-35-36-38-40-42-44-46-48-50-52-54-58(62)59-56(55-60)57(61)53-51-49-47-45-43-41-39-37-20-18-16-14-12-10-8-6-4-2/h25-26,51,53,56-57,60-61H,3-24,27-50,52,54-55H2,1-2H3,(H,59,62)/b26-25-,53-51+. The molecular formula is C58H113NO3. The van der Waals surface area contributed by atoms with Gasteiger partial charge < -0.3 is 15.5 Å². The average molecular weight is 873 g/mol. The molecule has 3 N–H and O–H groups in total. The van der Waals surface area contributed by atoms with Gasteiger partial charge in [0.25, 0.3) is 0 Å². The van der Waals surface area contributed by atoms with Gasteiger partial charge >= 0.3 is 0 Å². The number of hydrogen-bond donors (Lipinski definition) is 3. The second-order valence-corrected chi connectivity index (χ2v) is 19.7. The van der Waals surface area contributed by atoms with E-state index < -0.39 is 12.1 Å². The first kappa shape index (κ1) is 60.9. The van der Waals surface area contributed by atoms with E-state index in [9.17, 15) is 15.0 Å². The van der Waals surface area contributed by atoms with Gasteiger partial charge in [0.15, 0.2) is 0 Å². The first-order chi connectivity index (χ1) is 30.7. The molecule has 0 spiro atoms. The lowest BCUT2D eigenvalue weighted by Gasteiger charge is -2.20. The lowest BCUT2D eigenvalue weighted by atomic mass is 10.0. The summed E-state index contributed by atoms with van der Waals surface area (Å²) >= 11 is 0. The maximum absolute atomic E-state index is 12.5. The second kappa shape index (κ2) is 54.2. The average Bonchev–Trinajstić information content (AvgIpc) is 3.28. The molecule has 0 aromatic heterocycles. The van der Waals surface area contributed by atoms with Crippen molar-refractivity contribution in [3.8, 4) is 0 Å². The van der Waals surface area contributed by atoms with Gasteiger partial charge in [-0.05, 0) is 44.9 Å². The van der Waals surface area contributed by atoms with Gasteiger partial charge in [0, 0.05) is 6.42 Å². The number of allylic oxidation sites excluding steroid dienone is 3. The normalized spacial score (nSPS) is 12.9. The van der Waals surface area contributed by atoms with Gasteiger partial charge in [-0.3, -0.25) is 4.79 Å². The number of rotatable bonds is 53. The fraction of sp³-hybridized carbons (Fsp3) is 0.914. The zero-order valence-corrected chi connectivity index (χ0v) is 42.4. The van der Waals surface area contributed by atoms with Crippen molar-refractivity contribution >= 4 is 5.91 Å². The molecule has 0 aromatic rings. The van der Waals surface area contributed by atoms with Gasteiger partial charge in [0.05, 0.1) is 18.8 Å². The first-order valence-corrected chi connectivity index (χ1v) is 28.6. The Morgan fingerprint density at radius 2 is 0.613 bits per heavy atom. The molecule has 0 saturated heterocycles. The fourth-order valence-corrected chi connectivity index (χ4v) is 9.06. The number of carbonyl (C=O) groups excluding carboxylic acids is 1. The van der Waals surface area contributed by atoms with Crippen LogP contribution in [0, 0.1) is 0 Å². The minimum atomic E-state index is -0.836. The van der Waals surface area contributed by atoms with Crippen LogP contribution in [0.25, 0.3) is 0 Å². The topological polar surface area (TPSA) is 69.6 Å². The number of aliphatic hydroxyl groups excluding tert-OH is 2. The van der Waals surface area contributed by atoms with Gasteiger partial charge in [-0.15, -0.1) is 0 Å². The van der Waals surface area contributed by atoms with Crippen LogP contribution in [-0.4, -0.2) is 34.9 Å². The Balaban J connectivity index is 3.42. The number of hydrogen-bond acceptors (Lipinski definition) is 3. The molecule has 2 unspecified atom stereocenters. The fourth-order valence-electron chi connectivity index (χ4n) is 9.06. The molecule has 0 radical (unpaired) electrons. The number of aliphatic hydroxyl groups is 2. The van der Waals surface area contributed by atoms with Crippen LogP contribution in [0.15, 0.2) is 24.3 Å². The molecule has 0 saturated carbocycles. The smallest absolute Gasteiger partial charge is 0.220 e. The van der Waals surface area contributed by atoms with Crippen LogP contribution >= 0.6 is 0 Å².